The van der Waals surface area contributed by atoms with Crippen LogP contribution in [0.1, 0.15) is 51.0 Å². The Balaban J connectivity index is 1.98. The van der Waals surface area contributed by atoms with Crippen molar-refractivity contribution < 1.29 is 18.0 Å². The molecule has 0 spiro atoms. The van der Waals surface area contributed by atoms with Crippen LogP contribution in [-0.4, -0.2) is 55.5 Å². The zero-order chi connectivity index (χ0) is 22.1. The Morgan fingerprint density at radius 1 is 1.20 bits per heavy atom. The van der Waals surface area contributed by atoms with Gasteiger partial charge in [-0.15, -0.1) is 0 Å². The molecule has 9 heteroatoms. The molecule has 166 valence electrons. The van der Waals surface area contributed by atoms with Gasteiger partial charge >= 0.3 is 0 Å². The summed E-state index contributed by atoms with van der Waals surface area (Å²) in [5, 5.41) is 3.58. The lowest BCUT2D eigenvalue weighted by Gasteiger charge is -2.47. The summed E-state index contributed by atoms with van der Waals surface area (Å²) in [5.41, 5.74) is -0.0435. The molecule has 0 radical (unpaired) electrons. The van der Waals surface area contributed by atoms with Gasteiger partial charge in [0.05, 0.1) is 12.8 Å². The minimum atomic E-state index is -3.64. The Morgan fingerprint density at radius 2 is 1.83 bits per heavy atom. The molecule has 1 aromatic rings. The average Bonchev–Trinajstić information content (AvgIpc) is 2.92. The van der Waals surface area contributed by atoms with Gasteiger partial charge in [0, 0.05) is 23.3 Å². The van der Waals surface area contributed by atoms with Gasteiger partial charge < -0.3 is 5.32 Å². The first-order valence-electron chi connectivity index (χ1n) is 10.4. The van der Waals surface area contributed by atoms with Crippen molar-refractivity contribution in [1.29, 1.82) is 0 Å². The van der Waals surface area contributed by atoms with E-state index in [0.717, 1.165) is 54.6 Å². The van der Waals surface area contributed by atoms with Crippen LogP contribution in [0.15, 0.2) is 18.2 Å². The highest BCUT2D eigenvalue weighted by molar-refractivity contribution is 7.88. The van der Waals surface area contributed by atoms with Crippen LogP contribution in [0.25, 0.3) is 0 Å². The van der Waals surface area contributed by atoms with Crippen molar-refractivity contribution in [2.45, 2.75) is 64.0 Å². The van der Waals surface area contributed by atoms with E-state index in [0.29, 0.717) is 10.7 Å². The number of carbonyl (C=O) groups excluding carboxylic acids is 2. The maximum Gasteiger partial charge on any atom is 0.247 e. The summed E-state index contributed by atoms with van der Waals surface area (Å²) in [6.07, 6.45) is 7.24. The largest absolute Gasteiger partial charge is 0.351 e. The standard InChI is InChI=1S/C21H30ClN3O4S/c1-15-10-11-17(12-18(15)22)25-19(26)13-24(30(3,28)29)14-21(25,2)20(27)23-16-8-6-4-5-7-9-16/h10-12,16H,4-9,13-14H2,1-3H3,(H,23,27). The fourth-order valence-corrected chi connectivity index (χ4v) is 5.29. The number of hydrogen-bond donors (Lipinski definition) is 1. The van der Waals surface area contributed by atoms with Gasteiger partial charge in [-0.05, 0) is 44.4 Å². The van der Waals surface area contributed by atoms with E-state index in [4.69, 9.17) is 11.6 Å². The number of amides is 2. The molecule has 2 fully saturated rings. The molecule has 1 atom stereocenters. The number of rotatable bonds is 4. The molecule has 1 aliphatic carbocycles. The van der Waals surface area contributed by atoms with E-state index in [-0.39, 0.29) is 25.0 Å². The number of nitrogens with zero attached hydrogens (tertiary/aromatic N) is 2. The normalized spacial score (nSPS) is 24.5. The highest BCUT2D eigenvalue weighted by Gasteiger charge is 2.50. The van der Waals surface area contributed by atoms with Crippen molar-refractivity contribution in [3.8, 4) is 0 Å². The van der Waals surface area contributed by atoms with Crippen LogP contribution in [0.3, 0.4) is 0 Å². The van der Waals surface area contributed by atoms with Crippen molar-refractivity contribution in [2.24, 2.45) is 0 Å². The summed E-state index contributed by atoms with van der Waals surface area (Å²) in [4.78, 5) is 28.0. The van der Waals surface area contributed by atoms with Gasteiger partial charge in [-0.2, -0.15) is 4.31 Å². The van der Waals surface area contributed by atoms with Gasteiger partial charge in [-0.1, -0.05) is 43.4 Å². The van der Waals surface area contributed by atoms with Crippen LogP contribution in [0, 0.1) is 6.92 Å². The second-order valence-corrected chi connectivity index (χ2v) is 11.0. The second-order valence-electron chi connectivity index (χ2n) is 8.63. The second kappa shape index (κ2) is 8.85. The van der Waals surface area contributed by atoms with Crippen LogP contribution in [0.4, 0.5) is 5.69 Å². The number of sulfonamides is 1. The topological polar surface area (TPSA) is 86.8 Å². The molecular weight excluding hydrogens is 426 g/mol. The Bertz CT molecular complexity index is 928. The number of hydrogen-bond acceptors (Lipinski definition) is 4. The van der Waals surface area contributed by atoms with Crippen LogP contribution < -0.4 is 10.2 Å². The Labute approximate surface area is 183 Å². The smallest absolute Gasteiger partial charge is 0.247 e. The van der Waals surface area contributed by atoms with E-state index in [1.54, 1.807) is 25.1 Å². The number of halogens is 1. The number of aryl methyl sites for hydroxylation is 1. The number of benzene rings is 1. The minimum Gasteiger partial charge on any atom is -0.351 e. The molecule has 1 aliphatic heterocycles. The van der Waals surface area contributed by atoms with Gasteiger partial charge in [0.25, 0.3) is 0 Å². The van der Waals surface area contributed by atoms with Gasteiger partial charge in [-0.3, -0.25) is 14.5 Å². The first-order chi connectivity index (χ1) is 14.0. The highest BCUT2D eigenvalue weighted by Crippen LogP contribution is 2.33. The summed E-state index contributed by atoms with van der Waals surface area (Å²) in [6.45, 7) is 3.06. The molecule has 1 heterocycles. The van der Waals surface area contributed by atoms with Crippen LogP contribution in [0.5, 0.6) is 0 Å². The fourth-order valence-electron chi connectivity index (χ4n) is 4.29. The van der Waals surface area contributed by atoms with Crippen LogP contribution >= 0.6 is 11.6 Å². The number of anilines is 1. The molecule has 30 heavy (non-hydrogen) atoms. The van der Waals surface area contributed by atoms with E-state index >= 15 is 0 Å². The summed E-state index contributed by atoms with van der Waals surface area (Å²) in [5.74, 6) is -0.794. The van der Waals surface area contributed by atoms with Crippen molar-refractivity contribution in [3.63, 3.8) is 0 Å². The zero-order valence-corrected chi connectivity index (χ0v) is 19.4. The van der Waals surface area contributed by atoms with Gasteiger partial charge in [0.1, 0.15) is 5.54 Å². The van der Waals surface area contributed by atoms with E-state index in [1.165, 1.54) is 4.90 Å². The average molecular weight is 456 g/mol. The van der Waals surface area contributed by atoms with Crippen molar-refractivity contribution in [3.05, 3.63) is 28.8 Å². The first-order valence-corrected chi connectivity index (χ1v) is 12.6. The van der Waals surface area contributed by atoms with E-state index < -0.39 is 21.5 Å². The summed E-state index contributed by atoms with van der Waals surface area (Å²) in [6, 6.07) is 5.22. The van der Waals surface area contributed by atoms with E-state index in [9.17, 15) is 18.0 Å². The maximum absolute atomic E-state index is 13.5. The lowest BCUT2D eigenvalue weighted by Crippen LogP contribution is -2.70. The molecule has 2 aliphatic rings. The van der Waals surface area contributed by atoms with Crippen molar-refractivity contribution >= 4 is 39.1 Å². The summed E-state index contributed by atoms with van der Waals surface area (Å²) < 4.78 is 25.5. The maximum atomic E-state index is 13.5. The summed E-state index contributed by atoms with van der Waals surface area (Å²) in [7, 11) is -3.64. The van der Waals surface area contributed by atoms with E-state index in [2.05, 4.69) is 5.32 Å². The van der Waals surface area contributed by atoms with Gasteiger partial charge in [-0.25, -0.2) is 8.42 Å². The molecule has 0 aromatic heterocycles. The van der Waals surface area contributed by atoms with E-state index in [1.807, 2.05) is 6.92 Å². The Morgan fingerprint density at radius 3 is 2.40 bits per heavy atom. The highest BCUT2D eigenvalue weighted by atomic mass is 35.5. The molecule has 1 aromatic carbocycles. The quantitative estimate of drug-likeness (QED) is 0.707. The molecule has 1 N–H and O–H groups in total. The molecule has 1 saturated heterocycles. The predicted octanol–water partition coefficient (Wildman–Crippen LogP) is 2.85. The van der Waals surface area contributed by atoms with Gasteiger partial charge in [0.2, 0.25) is 21.8 Å². The lowest BCUT2D eigenvalue weighted by atomic mass is 9.93. The monoisotopic (exact) mass is 455 g/mol. The van der Waals surface area contributed by atoms with Crippen molar-refractivity contribution in [2.75, 3.05) is 24.2 Å². The number of nitrogens with one attached hydrogen (secondary N) is 1. The molecule has 0 bridgehead atoms. The third-order valence-corrected chi connectivity index (χ3v) is 7.70. The SMILES string of the molecule is Cc1ccc(N2C(=O)CN(S(C)(=O)=O)CC2(C)C(=O)NC2CCCCCC2)cc1Cl. The third-order valence-electron chi connectivity index (χ3n) is 6.10. The van der Waals surface area contributed by atoms with Crippen LogP contribution in [-0.2, 0) is 19.6 Å². The molecule has 3 rings (SSSR count). The zero-order valence-electron chi connectivity index (χ0n) is 17.8. The van der Waals surface area contributed by atoms with Crippen molar-refractivity contribution in [1.82, 2.24) is 9.62 Å². The van der Waals surface area contributed by atoms with Crippen LogP contribution in [0.2, 0.25) is 5.02 Å². The number of piperazine rings is 1. The fraction of sp³-hybridized carbons (Fsp3) is 0.619. The molecule has 7 nitrogen and oxygen atoms in total. The minimum absolute atomic E-state index is 0.0315. The van der Waals surface area contributed by atoms with Gasteiger partial charge in [0.15, 0.2) is 0 Å². The molecule has 2 amide bonds. The first kappa shape index (κ1) is 23.0. The molecule has 1 unspecified atom stereocenters. The Kier molecular flexibility index (Phi) is 6.79. The lowest BCUT2D eigenvalue weighted by molar-refractivity contribution is -0.133. The molecule has 1 saturated carbocycles. The third kappa shape index (κ3) is 4.81. The number of carbonyl (C=O) groups is 2. The predicted molar refractivity (Wildman–Crippen MR) is 118 cm³/mol. The summed E-state index contributed by atoms with van der Waals surface area (Å²) >= 11 is 6.28. The Hall–Kier alpha value is -1.64. The molecular formula is C21H30ClN3O4S.